The fourth-order valence-electron chi connectivity index (χ4n) is 0.977. The van der Waals surface area contributed by atoms with Crippen LogP contribution in [0, 0.1) is 11.8 Å². The van der Waals surface area contributed by atoms with Crippen molar-refractivity contribution in [1.29, 1.82) is 0 Å². The molecule has 0 unspecified atom stereocenters. The Labute approximate surface area is 92.1 Å². The molecular formula is C8H8Cl4. The normalized spacial score (nSPS) is 28.8. The van der Waals surface area contributed by atoms with Gasteiger partial charge < -0.3 is 0 Å². The van der Waals surface area contributed by atoms with Gasteiger partial charge in [-0.15, -0.1) is 46.4 Å². The molecule has 0 saturated carbocycles. The van der Waals surface area contributed by atoms with Gasteiger partial charge in [0, 0.05) is 11.8 Å². The van der Waals surface area contributed by atoms with E-state index in [1.54, 1.807) is 0 Å². The molecule has 0 saturated heterocycles. The van der Waals surface area contributed by atoms with Crippen molar-refractivity contribution < 1.29 is 0 Å². The zero-order valence-electron chi connectivity index (χ0n) is 6.13. The van der Waals surface area contributed by atoms with E-state index in [-0.39, 0.29) is 11.8 Å². The fraction of sp³-hybridized carbons (Fsp3) is 0.500. The van der Waals surface area contributed by atoms with E-state index in [1.807, 2.05) is 24.3 Å². The highest BCUT2D eigenvalue weighted by Gasteiger charge is 2.18. The predicted octanol–water partition coefficient (Wildman–Crippen LogP) is 3.95. The van der Waals surface area contributed by atoms with Crippen LogP contribution in [0.15, 0.2) is 24.3 Å². The Morgan fingerprint density at radius 2 is 0.917 bits per heavy atom. The molecule has 0 N–H and O–H groups in total. The summed E-state index contributed by atoms with van der Waals surface area (Å²) in [6.45, 7) is 0. The zero-order valence-corrected chi connectivity index (χ0v) is 9.15. The number of hydrogen-bond acceptors (Lipinski definition) is 0. The first kappa shape index (κ1) is 10.7. The van der Waals surface area contributed by atoms with E-state index in [9.17, 15) is 0 Å². The van der Waals surface area contributed by atoms with Crippen molar-refractivity contribution in [1.82, 2.24) is 0 Å². The molecule has 0 aromatic rings. The highest BCUT2D eigenvalue weighted by molar-refractivity contribution is 6.45. The van der Waals surface area contributed by atoms with Crippen LogP contribution in [0.2, 0.25) is 0 Å². The third-order valence-electron chi connectivity index (χ3n) is 1.69. The number of halogens is 4. The predicted molar refractivity (Wildman–Crippen MR) is 56.2 cm³/mol. The van der Waals surface area contributed by atoms with Gasteiger partial charge in [0.25, 0.3) is 0 Å². The molecule has 12 heavy (non-hydrogen) atoms. The molecule has 1 aliphatic carbocycles. The largest absolute Gasteiger partial charge is 0.117 e. The summed E-state index contributed by atoms with van der Waals surface area (Å²) in [5.74, 6) is 0.160. The molecule has 4 heteroatoms. The Bertz CT molecular complexity index is 161. The van der Waals surface area contributed by atoms with Gasteiger partial charge in [-0.1, -0.05) is 24.3 Å². The van der Waals surface area contributed by atoms with E-state index >= 15 is 0 Å². The molecule has 0 aliphatic heterocycles. The van der Waals surface area contributed by atoms with Gasteiger partial charge in [-0.2, -0.15) is 0 Å². The molecule has 0 aromatic carbocycles. The molecule has 0 nitrogen and oxygen atoms in total. The van der Waals surface area contributed by atoms with Crippen LogP contribution in [0.25, 0.3) is 0 Å². The maximum Gasteiger partial charge on any atom is 0.117 e. The summed E-state index contributed by atoms with van der Waals surface area (Å²) in [5, 5.41) is 0. The maximum absolute atomic E-state index is 5.68. The summed E-state index contributed by atoms with van der Waals surface area (Å²) in [6.07, 6.45) is 7.69. The Morgan fingerprint density at radius 1 is 0.667 bits per heavy atom. The van der Waals surface area contributed by atoms with E-state index in [0.29, 0.717) is 0 Å². The van der Waals surface area contributed by atoms with Crippen LogP contribution in [0.1, 0.15) is 0 Å². The molecule has 0 spiro atoms. The minimum atomic E-state index is -0.400. The van der Waals surface area contributed by atoms with Gasteiger partial charge >= 0.3 is 0 Å². The average Bonchev–Trinajstić information content (AvgIpc) is 2.04. The average molecular weight is 246 g/mol. The lowest BCUT2D eigenvalue weighted by molar-refractivity contribution is 0.793. The van der Waals surface area contributed by atoms with Crippen molar-refractivity contribution in [2.24, 2.45) is 11.8 Å². The molecule has 1 aliphatic rings. The number of allylic oxidation sites excluding steroid dienone is 4. The lowest BCUT2D eigenvalue weighted by atomic mass is 9.98. The minimum Gasteiger partial charge on any atom is -0.104 e. The van der Waals surface area contributed by atoms with E-state index in [2.05, 4.69) is 0 Å². The highest BCUT2D eigenvalue weighted by Crippen LogP contribution is 2.27. The molecule has 0 heterocycles. The molecule has 68 valence electrons. The second kappa shape index (κ2) is 4.76. The molecule has 0 atom stereocenters. The zero-order chi connectivity index (χ0) is 9.14. The first-order valence-electron chi connectivity index (χ1n) is 3.54. The number of alkyl halides is 4. The van der Waals surface area contributed by atoms with Gasteiger partial charge in [0.15, 0.2) is 0 Å². The third kappa shape index (κ3) is 2.85. The molecule has 0 bridgehead atoms. The van der Waals surface area contributed by atoms with Crippen molar-refractivity contribution in [3.63, 3.8) is 0 Å². The van der Waals surface area contributed by atoms with E-state index < -0.39 is 9.67 Å². The van der Waals surface area contributed by atoms with Crippen LogP contribution < -0.4 is 0 Å². The second-order valence-electron chi connectivity index (χ2n) is 2.59. The third-order valence-corrected chi connectivity index (χ3v) is 2.86. The minimum absolute atomic E-state index is 0.0802. The van der Waals surface area contributed by atoms with Crippen LogP contribution in [0.3, 0.4) is 0 Å². The van der Waals surface area contributed by atoms with E-state index in [1.165, 1.54) is 0 Å². The van der Waals surface area contributed by atoms with Crippen molar-refractivity contribution in [3.8, 4) is 0 Å². The molecule has 0 fully saturated rings. The first-order valence-corrected chi connectivity index (χ1v) is 5.29. The lowest BCUT2D eigenvalue weighted by Gasteiger charge is -2.17. The molecule has 0 radical (unpaired) electrons. The maximum atomic E-state index is 5.68. The summed E-state index contributed by atoms with van der Waals surface area (Å²) >= 11 is 22.7. The Morgan fingerprint density at radius 3 is 1.08 bits per heavy atom. The van der Waals surface area contributed by atoms with Crippen LogP contribution in [0.5, 0.6) is 0 Å². The molecule has 0 aromatic heterocycles. The summed E-state index contributed by atoms with van der Waals surface area (Å²) in [5.41, 5.74) is 0. The SMILES string of the molecule is ClC(Cl)C1C=CC(C(Cl)Cl)C=C1. The Balaban J connectivity index is 2.54. The number of rotatable bonds is 2. The monoisotopic (exact) mass is 244 g/mol. The smallest absolute Gasteiger partial charge is 0.104 e. The molecule has 1 rings (SSSR count). The quantitative estimate of drug-likeness (QED) is 0.511. The van der Waals surface area contributed by atoms with E-state index in [4.69, 9.17) is 46.4 Å². The molecule has 0 amide bonds. The number of hydrogen-bond donors (Lipinski definition) is 0. The van der Waals surface area contributed by atoms with Crippen LogP contribution in [-0.4, -0.2) is 9.67 Å². The van der Waals surface area contributed by atoms with Crippen molar-refractivity contribution in [3.05, 3.63) is 24.3 Å². The van der Waals surface area contributed by atoms with Crippen LogP contribution in [-0.2, 0) is 0 Å². The Hall–Kier alpha value is 0.640. The molecular weight excluding hydrogens is 238 g/mol. The highest BCUT2D eigenvalue weighted by atomic mass is 35.5. The first-order chi connectivity index (χ1) is 5.61. The fourth-order valence-corrected chi connectivity index (χ4v) is 1.65. The van der Waals surface area contributed by atoms with Gasteiger partial charge in [0.05, 0.1) is 0 Å². The summed E-state index contributed by atoms with van der Waals surface area (Å²) < 4.78 is 0. The van der Waals surface area contributed by atoms with Crippen molar-refractivity contribution >= 4 is 46.4 Å². The lowest BCUT2D eigenvalue weighted by Crippen LogP contribution is -2.11. The van der Waals surface area contributed by atoms with Crippen molar-refractivity contribution in [2.75, 3.05) is 0 Å². The van der Waals surface area contributed by atoms with Gasteiger partial charge in [0.2, 0.25) is 0 Å². The summed E-state index contributed by atoms with van der Waals surface area (Å²) in [7, 11) is 0. The van der Waals surface area contributed by atoms with E-state index in [0.717, 1.165) is 0 Å². The van der Waals surface area contributed by atoms with Gasteiger partial charge in [-0.3, -0.25) is 0 Å². The Kier molecular flexibility index (Phi) is 4.25. The topological polar surface area (TPSA) is 0 Å². The van der Waals surface area contributed by atoms with Crippen molar-refractivity contribution in [2.45, 2.75) is 9.67 Å². The summed E-state index contributed by atoms with van der Waals surface area (Å²) in [6, 6.07) is 0. The van der Waals surface area contributed by atoms with Gasteiger partial charge in [-0.05, 0) is 0 Å². The second-order valence-corrected chi connectivity index (χ2v) is 4.92. The van der Waals surface area contributed by atoms with Crippen LogP contribution in [0.4, 0.5) is 0 Å². The van der Waals surface area contributed by atoms with Crippen LogP contribution >= 0.6 is 46.4 Å². The van der Waals surface area contributed by atoms with Gasteiger partial charge in [-0.25, -0.2) is 0 Å². The van der Waals surface area contributed by atoms with Gasteiger partial charge in [0.1, 0.15) is 9.67 Å². The summed E-state index contributed by atoms with van der Waals surface area (Å²) in [4.78, 5) is -0.801. The standard InChI is InChI=1S/C8H8Cl4/c9-7(10)5-1-2-6(4-3-5)8(11)12/h1-8H.